The molecule has 0 bridgehead atoms. The van der Waals surface area contributed by atoms with Gasteiger partial charge in [-0.25, -0.2) is 4.39 Å². The van der Waals surface area contributed by atoms with E-state index in [2.05, 4.69) is 44.3 Å². The molecular formula is C24H31FN4. The summed E-state index contributed by atoms with van der Waals surface area (Å²) in [6.45, 7) is 6.48. The number of rotatable bonds is 4. The molecule has 0 aromatic heterocycles. The van der Waals surface area contributed by atoms with Crippen molar-refractivity contribution in [2.45, 2.75) is 44.3 Å². The van der Waals surface area contributed by atoms with Gasteiger partial charge < -0.3 is 15.1 Å². The molecule has 0 spiro atoms. The molecule has 0 aliphatic carbocycles. The zero-order valence-electron chi connectivity index (χ0n) is 17.1. The molecule has 5 heteroatoms. The van der Waals surface area contributed by atoms with E-state index in [1.807, 2.05) is 12.1 Å². The van der Waals surface area contributed by atoms with E-state index < -0.39 is 0 Å². The minimum absolute atomic E-state index is 0.169. The minimum Gasteiger partial charge on any atom is -0.349 e. The third kappa shape index (κ3) is 3.99. The number of benzene rings is 2. The molecule has 3 aliphatic rings. The molecule has 2 fully saturated rings. The smallest absolute Gasteiger partial charge is 0.123 e. The predicted molar refractivity (Wildman–Crippen MR) is 117 cm³/mol. The summed E-state index contributed by atoms with van der Waals surface area (Å²) in [4.78, 5) is 7.75. The van der Waals surface area contributed by atoms with Crippen LogP contribution < -0.4 is 15.1 Å². The van der Waals surface area contributed by atoms with Crippen molar-refractivity contribution in [3.05, 3.63) is 59.9 Å². The maximum atomic E-state index is 13.3. The number of nitrogens with one attached hydrogen (secondary N) is 1. The topological polar surface area (TPSA) is 21.8 Å². The monoisotopic (exact) mass is 394 g/mol. The largest absolute Gasteiger partial charge is 0.349 e. The predicted octanol–water partition coefficient (Wildman–Crippen LogP) is 3.83. The molecule has 5 rings (SSSR count). The summed E-state index contributed by atoms with van der Waals surface area (Å²) in [5.74, 6) is -0.169. The fourth-order valence-corrected chi connectivity index (χ4v) is 5.28. The van der Waals surface area contributed by atoms with Crippen LogP contribution in [-0.4, -0.2) is 49.8 Å². The van der Waals surface area contributed by atoms with Crippen LogP contribution in [0.5, 0.6) is 0 Å². The van der Waals surface area contributed by atoms with Crippen molar-refractivity contribution in [1.82, 2.24) is 10.2 Å². The highest BCUT2D eigenvalue weighted by molar-refractivity contribution is 5.76. The fraction of sp³-hybridized carbons (Fsp3) is 0.500. The normalized spacial score (nSPS) is 23.4. The molecule has 3 heterocycles. The lowest BCUT2D eigenvalue weighted by Crippen LogP contribution is -2.52. The maximum Gasteiger partial charge on any atom is 0.123 e. The van der Waals surface area contributed by atoms with E-state index in [1.54, 1.807) is 12.1 Å². The molecule has 1 N–H and O–H groups in total. The summed E-state index contributed by atoms with van der Waals surface area (Å²) in [5.41, 5.74) is 3.81. The molecule has 1 unspecified atom stereocenters. The van der Waals surface area contributed by atoms with E-state index in [9.17, 15) is 4.39 Å². The Balaban J connectivity index is 1.27. The van der Waals surface area contributed by atoms with Crippen molar-refractivity contribution in [3.8, 4) is 0 Å². The van der Waals surface area contributed by atoms with E-state index in [1.165, 1.54) is 56.7 Å². The van der Waals surface area contributed by atoms with Crippen LogP contribution in [0.15, 0.2) is 48.5 Å². The first-order valence-corrected chi connectivity index (χ1v) is 11.1. The number of nitrogens with zero attached hydrogens (tertiary/aromatic N) is 3. The molecule has 4 nitrogen and oxygen atoms in total. The molecular weight excluding hydrogens is 363 g/mol. The zero-order chi connectivity index (χ0) is 19.6. The lowest BCUT2D eigenvalue weighted by atomic mass is 9.98. The van der Waals surface area contributed by atoms with E-state index >= 15 is 0 Å². The molecule has 2 aromatic carbocycles. The van der Waals surface area contributed by atoms with Gasteiger partial charge in [0.25, 0.3) is 0 Å². The Morgan fingerprint density at radius 2 is 1.66 bits per heavy atom. The number of halogens is 1. The van der Waals surface area contributed by atoms with Crippen LogP contribution in [0.25, 0.3) is 0 Å². The number of hydrogen-bond acceptors (Lipinski definition) is 4. The van der Waals surface area contributed by atoms with E-state index in [0.717, 1.165) is 31.4 Å². The Morgan fingerprint density at radius 3 is 2.38 bits per heavy atom. The van der Waals surface area contributed by atoms with Crippen LogP contribution >= 0.6 is 0 Å². The molecule has 0 radical (unpaired) electrons. The third-order valence-corrected chi connectivity index (χ3v) is 6.87. The van der Waals surface area contributed by atoms with Crippen LogP contribution in [-0.2, 0) is 6.54 Å². The van der Waals surface area contributed by atoms with Gasteiger partial charge in [-0.1, -0.05) is 24.3 Å². The Kier molecular flexibility index (Phi) is 5.42. The summed E-state index contributed by atoms with van der Waals surface area (Å²) < 4.78 is 13.3. The van der Waals surface area contributed by atoms with Gasteiger partial charge in [0.15, 0.2) is 0 Å². The molecule has 29 heavy (non-hydrogen) atoms. The highest BCUT2D eigenvalue weighted by atomic mass is 19.1. The summed E-state index contributed by atoms with van der Waals surface area (Å²) >= 11 is 0. The Hall–Kier alpha value is -2.11. The summed E-state index contributed by atoms with van der Waals surface area (Å²) in [5, 5.41) is 3.56. The molecule has 154 valence electrons. The second kappa shape index (κ2) is 8.33. The zero-order valence-corrected chi connectivity index (χ0v) is 17.1. The molecule has 2 aromatic rings. The molecule has 0 saturated carbocycles. The quantitative estimate of drug-likeness (QED) is 0.851. The summed E-state index contributed by atoms with van der Waals surface area (Å²) in [7, 11) is 0. The van der Waals surface area contributed by atoms with Crippen LogP contribution in [0.2, 0.25) is 0 Å². The highest BCUT2D eigenvalue weighted by Gasteiger charge is 2.34. The van der Waals surface area contributed by atoms with Crippen molar-refractivity contribution < 1.29 is 4.39 Å². The molecule has 3 aliphatic heterocycles. The van der Waals surface area contributed by atoms with Crippen LogP contribution in [0.1, 0.15) is 31.2 Å². The summed E-state index contributed by atoms with van der Waals surface area (Å²) in [6.07, 6.45) is 5.11. The number of fused-ring (bicyclic) bond motifs is 1. The van der Waals surface area contributed by atoms with Gasteiger partial charge in [-0.3, -0.25) is 4.90 Å². The van der Waals surface area contributed by atoms with Crippen molar-refractivity contribution >= 4 is 11.4 Å². The standard InChI is InChI=1S/C24H31FN4/c25-20-9-7-19(8-10-20)17-28-18-29(24-6-2-1-5-23(24)28)21-11-14-27(15-12-21)22-4-3-13-26-16-22/h1-2,5-10,21-22,26H,3-4,11-18H2. The Bertz CT molecular complexity index is 810. The van der Waals surface area contributed by atoms with E-state index in [0.29, 0.717) is 6.04 Å². The minimum atomic E-state index is -0.169. The highest BCUT2D eigenvalue weighted by Crippen LogP contribution is 2.39. The fourth-order valence-electron chi connectivity index (χ4n) is 5.28. The summed E-state index contributed by atoms with van der Waals surface area (Å²) in [6, 6.07) is 17.0. The second-order valence-corrected chi connectivity index (χ2v) is 8.69. The van der Waals surface area contributed by atoms with Gasteiger partial charge in [-0.2, -0.15) is 0 Å². The molecule has 1 atom stereocenters. The second-order valence-electron chi connectivity index (χ2n) is 8.69. The van der Waals surface area contributed by atoms with Gasteiger partial charge in [0.2, 0.25) is 0 Å². The van der Waals surface area contributed by atoms with Crippen molar-refractivity contribution in [2.75, 3.05) is 42.6 Å². The van der Waals surface area contributed by atoms with Gasteiger partial charge in [-0.05, 0) is 62.1 Å². The number of likely N-dealkylation sites (tertiary alicyclic amines) is 1. The number of hydrogen-bond donors (Lipinski definition) is 1. The average molecular weight is 395 g/mol. The van der Waals surface area contributed by atoms with Gasteiger partial charge in [0.05, 0.1) is 18.0 Å². The van der Waals surface area contributed by atoms with Crippen LogP contribution in [0.4, 0.5) is 15.8 Å². The van der Waals surface area contributed by atoms with Crippen molar-refractivity contribution in [1.29, 1.82) is 0 Å². The van der Waals surface area contributed by atoms with Gasteiger partial charge >= 0.3 is 0 Å². The Morgan fingerprint density at radius 1 is 0.897 bits per heavy atom. The average Bonchev–Trinajstić information content (AvgIpc) is 3.15. The number of para-hydroxylation sites is 2. The first-order valence-electron chi connectivity index (χ1n) is 11.1. The van der Waals surface area contributed by atoms with Crippen LogP contribution in [0, 0.1) is 5.82 Å². The molecule has 0 amide bonds. The van der Waals surface area contributed by atoms with Crippen molar-refractivity contribution in [3.63, 3.8) is 0 Å². The first-order chi connectivity index (χ1) is 14.3. The SMILES string of the molecule is Fc1ccc(CN2CN(C3CCN(C4CCCNC4)CC3)c3ccccc32)cc1. The Labute approximate surface area is 173 Å². The van der Waals surface area contributed by atoms with Gasteiger partial charge in [0.1, 0.15) is 5.82 Å². The van der Waals surface area contributed by atoms with Crippen LogP contribution in [0.3, 0.4) is 0 Å². The van der Waals surface area contributed by atoms with Gasteiger partial charge in [-0.15, -0.1) is 0 Å². The number of piperidine rings is 2. The molecule has 2 saturated heterocycles. The van der Waals surface area contributed by atoms with E-state index in [4.69, 9.17) is 0 Å². The van der Waals surface area contributed by atoms with E-state index in [-0.39, 0.29) is 5.82 Å². The van der Waals surface area contributed by atoms with Crippen molar-refractivity contribution in [2.24, 2.45) is 0 Å². The first kappa shape index (κ1) is 18.9. The lowest BCUT2D eigenvalue weighted by molar-refractivity contribution is 0.129. The lowest BCUT2D eigenvalue weighted by Gasteiger charge is -2.42. The maximum absolute atomic E-state index is 13.3. The number of anilines is 2. The van der Waals surface area contributed by atoms with Gasteiger partial charge in [0, 0.05) is 38.3 Å². The third-order valence-electron chi connectivity index (χ3n) is 6.87.